The second-order valence-electron chi connectivity index (χ2n) is 4.03. The van der Waals surface area contributed by atoms with E-state index in [1.807, 2.05) is 0 Å². The van der Waals surface area contributed by atoms with E-state index in [1.54, 1.807) is 18.2 Å². The van der Waals surface area contributed by atoms with Crippen LogP contribution in [0.1, 0.15) is 18.9 Å². The number of benzene rings is 1. The Balaban J connectivity index is 2.45. The summed E-state index contributed by atoms with van der Waals surface area (Å²) in [6, 6.07) is 5.38. The number of aromatic amines is 1. The number of nitrogens with zero attached hydrogens (tertiary/aromatic N) is 1. The number of hydrogen-bond acceptors (Lipinski definition) is 2. The highest BCUT2D eigenvalue weighted by atomic mass is 79.9. The van der Waals surface area contributed by atoms with E-state index in [0.29, 0.717) is 10.9 Å². The number of halogens is 1. The molecule has 0 amide bonds. The van der Waals surface area contributed by atoms with Crippen LogP contribution < -0.4 is 11.2 Å². The summed E-state index contributed by atoms with van der Waals surface area (Å²) in [4.78, 5) is 26.6. The van der Waals surface area contributed by atoms with Gasteiger partial charge in [0.25, 0.3) is 5.56 Å². The molecule has 0 atom stereocenters. The van der Waals surface area contributed by atoms with Crippen LogP contribution in [0.15, 0.2) is 32.3 Å². The number of H-pyrrole nitrogens is 1. The average Bonchev–Trinajstić information content (AvgIpc) is 3.04. The molecule has 1 fully saturated rings. The normalized spacial score (nSPS) is 15.6. The number of nitrogens with one attached hydrogen (secondary N) is 1. The van der Waals surface area contributed by atoms with Crippen molar-refractivity contribution in [1.82, 2.24) is 9.55 Å². The molecule has 1 aliphatic carbocycles. The predicted octanol–water partition coefficient (Wildman–Crippen LogP) is 1.79. The average molecular weight is 281 g/mol. The Morgan fingerprint density at radius 1 is 1.31 bits per heavy atom. The van der Waals surface area contributed by atoms with Crippen LogP contribution in [0.25, 0.3) is 10.9 Å². The Kier molecular flexibility index (Phi) is 2.04. The SMILES string of the molecule is O=c1[nH]c2ccc(Br)cc2c(=O)n1C1CC1. The molecule has 0 aliphatic heterocycles. The Hall–Kier alpha value is -1.36. The van der Waals surface area contributed by atoms with Crippen molar-refractivity contribution in [2.45, 2.75) is 18.9 Å². The molecule has 0 bridgehead atoms. The Bertz CT molecular complexity index is 682. The fourth-order valence-corrected chi connectivity index (χ4v) is 2.23. The molecule has 1 N–H and O–H groups in total. The van der Waals surface area contributed by atoms with Crippen molar-refractivity contribution in [3.05, 3.63) is 43.5 Å². The van der Waals surface area contributed by atoms with E-state index >= 15 is 0 Å². The molecule has 2 aromatic rings. The van der Waals surface area contributed by atoms with E-state index in [0.717, 1.165) is 17.3 Å². The van der Waals surface area contributed by atoms with Gasteiger partial charge in [0, 0.05) is 10.5 Å². The number of rotatable bonds is 1. The van der Waals surface area contributed by atoms with Crippen LogP contribution in [-0.2, 0) is 0 Å². The van der Waals surface area contributed by atoms with E-state index in [-0.39, 0.29) is 17.3 Å². The summed E-state index contributed by atoms with van der Waals surface area (Å²) < 4.78 is 2.17. The van der Waals surface area contributed by atoms with Gasteiger partial charge in [-0.15, -0.1) is 0 Å². The molecule has 0 saturated heterocycles. The first kappa shape index (κ1) is 9.84. The zero-order valence-electron chi connectivity index (χ0n) is 8.37. The summed E-state index contributed by atoms with van der Waals surface area (Å²) in [6.45, 7) is 0. The van der Waals surface area contributed by atoms with Crippen LogP contribution in [-0.4, -0.2) is 9.55 Å². The fourth-order valence-electron chi connectivity index (χ4n) is 1.86. The van der Waals surface area contributed by atoms with Gasteiger partial charge in [-0.05, 0) is 31.0 Å². The maximum atomic E-state index is 12.1. The minimum atomic E-state index is -0.303. The molecule has 1 aromatic heterocycles. The quantitative estimate of drug-likeness (QED) is 0.866. The molecule has 3 rings (SSSR count). The van der Waals surface area contributed by atoms with Crippen molar-refractivity contribution < 1.29 is 0 Å². The van der Waals surface area contributed by atoms with E-state index in [2.05, 4.69) is 20.9 Å². The monoisotopic (exact) mass is 280 g/mol. The highest BCUT2D eigenvalue weighted by Gasteiger charge is 2.27. The standard InChI is InChI=1S/C11H9BrN2O2/c12-6-1-4-9-8(5-6)10(15)14(7-2-3-7)11(16)13-9/h1,4-5,7H,2-3H2,(H,13,16). The van der Waals surface area contributed by atoms with E-state index < -0.39 is 0 Å². The number of hydrogen-bond donors (Lipinski definition) is 1. The van der Waals surface area contributed by atoms with Crippen molar-refractivity contribution >= 4 is 26.8 Å². The van der Waals surface area contributed by atoms with E-state index in [9.17, 15) is 9.59 Å². The topological polar surface area (TPSA) is 54.9 Å². The molecule has 1 saturated carbocycles. The second kappa shape index (κ2) is 3.31. The molecule has 4 nitrogen and oxygen atoms in total. The Morgan fingerprint density at radius 2 is 2.06 bits per heavy atom. The lowest BCUT2D eigenvalue weighted by Crippen LogP contribution is -2.34. The van der Waals surface area contributed by atoms with Crippen molar-refractivity contribution in [1.29, 1.82) is 0 Å². The molecule has 0 radical (unpaired) electrons. The van der Waals surface area contributed by atoms with Crippen LogP contribution in [0.2, 0.25) is 0 Å². The summed E-state index contributed by atoms with van der Waals surface area (Å²) in [5, 5.41) is 0.556. The summed E-state index contributed by atoms with van der Waals surface area (Å²) in [7, 11) is 0. The molecule has 1 heterocycles. The van der Waals surface area contributed by atoms with Gasteiger partial charge in [-0.25, -0.2) is 4.79 Å². The van der Waals surface area contributed by atoms with Gasteiger partial charge in [0.2, 0.25) is 0 Å². The van der Waals surface area contributed by atoms with Crippen LogP contribution in [0, 0.1) is 0 Å². The van der Waals surface area contributed by atoms with E-state index in [4.69, 9.17) is 0 Å². The minimum Gasteiger partial charge on any atom is -0.307 e. The zero-order chi connectivity index (χ0) is 11.3. The van der Waals surface area contributed by atoms with Crippen LogP contribution in [0.4, 0.5) is 0 Å². The first-order valence-corrected chi connectivity index (χ1v) is 5.90. The molecule has 82 valence electrons. The van der Waals surface area contributed by atoms with Crippen LogP contribution >= 0.6 is 15.9 Å². The summed E-state index contributed by atoms with van der Waals surface area (Å²) >= 11 is 3.32. The summed E-state index contributed by atoms with van der Waals surface area (Å²) in [5.41, 5.74) is 0.0972. The van der Waals surface area contributed by atoms with Crippen molar-refractivity contribution in [2.75, 3.05) is 0 Å². The maximum absolute atomic E-state index is 12.1. The smallest absolute Gasteiger partial charge is 0.307 e. The van der Waals surface area contributed by atoms with E-state index in [1.165, 1.54) is 4.57 Å². The Morgan fingerprint density at radius 3 is 2.75 bits per heavy atom. The minimum absolute atomic E-state index is 0.0969. The van der Waals surface area contributed by atoms with Crippen molar-refractivity contribution in [3.8, 4) is 0 Å². The third kappa shape index (κ3) is 1.43. The van der Waals surface area contributed by atoms with Crippen LogP contribution in [0.3, 0.4) is 0 Å². The highest BCUT2D eigenvalue weighted by Crippen LogP contribution is 2.32. The molecule has 0 spiro atoms. The molecule has 0 unspecified atom stereocenters. The zero-order valence-corrected chi connectivity index (χ0v) is 9.95. The molecular weight excluding hydrogens is 272 g/mol. The van der Waals surface area contributed by atoms with Gasteiger partial charge in [-0.1, -0.05) is 15.9 Å². The summed E-state index contributed by atoms with van der Waals surface area (Å²) in [5.74, 6) is 0. The van der Waals surface area contributed by atoms with Crippen molar-refractivity contribution in [2.24, 2.45) is 0 Å². The first-order chi connectivity index (χ1) is 7.66. The fraction of sp³-hybridized carbons (Fsp3) is 0.273. The van der Waals surface area contributed by atoms with Crippen molar-refractivity contribution in [3.63, 3.8) is 0 Å². The molecule has 1 aromatic carbocycles. The summed E-state index contributed by atoms with van der Waals surface area (Å²) in [6.07, 6.45) is 1.84. The van der Waals surface area contributed by atoms with Gasteiger partial charge in [-0.2, -0.15) is 0 Å². The lowest BCUT2D eigenvalue weighted by molar-refractivity contribution is 0.666. The molecule has 5 heteroatoms. The predicted molar refractivity (Wildman–Crippen MR) is 64.8 cm³/mol. The number of aromatic nitrogens is 2. The van der Waals surface area contributed by atoms with Gasteiger partial charge >= 0.3 is 5.69 Å². The third-order valence-corrected chi connectivity index (χ3v) is 3.30. The molecule has 16 heavy (non-hydrogen) atoms. The Labute approximate surface area is 99.0 Å². The van der Waals surface area contributed by atoms with Gasteiger partial charge in [0.05, 0.1) is 10.9 Å². The van der Waals surface area contributed by atoms with Crippen LogP contribution in [0.5, 0.6) is 0 Å². The third-order valence-electron chi connectivity index (χ3n) is 2.80. The molecule has 1 aliphatic rings. The van der Waals surface area contributed by atoms with Gasteiger partial charge in [0.1, 0.15) is 0 Å². The number of fused-ring (bicyclic) bond motifs is 1. The van der Waals surface area contributed by atoms with Gasteiger partial charge < -0.3 is 4.98 Å². The largest absolute Gasteiger partial charge is 0.329 e. The highest BCUT2D eigenvalue weighted by molar-refractivity contribution is 9.10. The second-order valence-corrected chi connectivity index (χ2v) is 4.94. The molecular formula is C11H9BrN2O2. The lowest BCUT2D eigenvalue weighted by atomic mass is 10.2. The maximum Gasteiger partial charge on any atom is 0.329 e. The lowest BCUT2D eigenvalue weighted by Gasteiger charge is -2.04. The van der Waals surface area contributed by atoms with Gasteiger partial charge in [-0.3, -0.25) is 9.36 Å². The van der Waals surface area contributed by atoms with Gasteiger partial charge in [0.15, 0.2) is 0 Å². The first-order valence-electron chi connectivity index (χ1n) is 5.11.